The molecule has 1 aromatic carbocycles. The van der Waals surface area contributed by atoms with Crippen LogP contribution in [0.15, 0.2) is 43.0 Å². The molecule has 0 unspecified atom stereocenters. The molecular weight excluding hydrogens is 212 g/mol. The van der Waals surface area contributed by atoms with Crippen molar-refractivity contribution < 1.29 is 9.53 Å². The Morgan fingerprint density at radius 2 is 2.00 bits per heavy atom. The molecule has 92 valence electrons. The Labute approximate surface area is 103 Å². The number of ether oxygens (including phenoxy) is 1. The van der Waals surface area contributed by atoms with E-state index >= 15 is 0 Å². The summed E-state index contributed by atoms with van der Waals surface area (Å²) in [7, 11) is 0. The van der Waals surface area contributed by atoms with Crippen molar-refractivity contribution in [1.29, 1.82) is 0 Å². The molecule has 1 aromatic rings. The third-order valence-corrected chi connectivity index (χ3v) is 2.56. The number of aryl methyl sites for hydroxylation is 1. The van der Waals surface area contributed by atoms with Crippen molar-refractivity contribution in [3.8, 4) is 0 Å². The lowest BCUT2D eigenvalue weighted by molar-refractivity contribution is -0.150. The molecule has 0 aliphatic heterocycles. The van der Waals surface area contributed by atoms with E-state index in [-0.39, 0.29) is 18.0 Å². The summed E-state index contributed by atoms with van der Waals surface area (Å²) in [4.78, 5) is 11.5. The maximum atomic E-state index is 11.5. The van der Waals surface area contributed by atoms with Gasteiger partial charge in [0.2, 0.25) is 0 Å². The van der Waals surface area contributed by atoms with Gasteiger partial charge in [-0.25, -0.2) is 0 Å². The molecule has 0 fully saturated rings. The first kappa shape index (κ1) is 13.5. The lowest BCUT2D eigenvalue weighted by atomic mass is 10.1. The van der Waals surface area contributed by atoms with Crippen LogP contribution in [0, 0.1) is 5.92 Å². The number of benzene rings is 1. The van der Waals surface area contributed by atoms with Crippen molar-refractivity contribution in [2.24, 2.45) is 5.92 Å². The summed E-state index contributed by atoms with van der Waals surface area (Å²) in [5.74, 6) is -0.253. The van der Waals surface area contributed by atoms with Gasteiger partial charge in [0.25, 0.3) is 0 Å². The number of rotatable bonds is 6. The van der Waals surface area contributed by atoms with E-state index in [9.17, 15) is 4.79 Å². The SMILES string of the molecule is C=C[C@@H](CCc1ccccc1)OC(=O)C(C)C. The minimum atomic E-state index is -0.190. The molecule has 0 N–H and O–H groups in total. The summed E-state index contributed by atoms with van der Waals surface area (Å²) in [6, 6.07) is 10.2. The first-order valence-corrected chi connectivity index (χ1v) is 6.00. The first-order valence-electron chi connectivity index (χ1n) is 6.00. The molecule has 0 saturated heterocycles. The zero-order chi connectivity index (χ0) is 12.7. The van der Waals surface area contributed by atoms with Crippen molar-refractivity contribution in [2.75, 3.05) is 0 Å². The van der Waals surface area contributed by atoms with Gasteiger partial charge < -0.3 is 4.74 Å². The molecule has 0 aromatic heterocycles. The zero-order valence-corrected chi connectivity index (χ0v) is 10.6. The van der Waals surface area contributed by atoms with Crippen LogP contribution in [0.2, 0.25) is 0 Å². The molecule has 1 atom stereocenters. The van der Waals surface area contributed by atoms with Crippen LogP contribution in [0.5, 0.6) is 0 Å². The lowest BCUT2D eigenvalue weighted by Crippen LogP contribution is -2.20. The van der Waals surface area contributed by atoms with E-state index in [1.807, 2.05) is 32.0 Å². The fraction of sp³-hybridized carbons (Fsp3) is 0.400. The Balaban J connectivity index is 2.43. The Morgan fingerprint density at radius 3 is 2.53 bits per heavy atom. The number of carbonyl (C=O) groups is 1. The molecule has 2 nitrogen and oxygen atoms in total. The van der Waals surface area contributed by atoms with Crippen molar-refractivity contribution in [1.82, 2.24) is 0 Å². The molecule has 0 aliphatic carbocycles. The molecule has 0 radical (unpaired) electrons. The average Bonchev–Trinajstić information content (AvgIpc) is 2.35. The molecule has 0 spiro atoms. The van der Waals surface area contributed by atoms with Crippen LogP contribution in [-0.2, 0) is 16.0 Å². The van der Waals surface area contributed by atoms with E-state index in [0.717, 1.165) is 12.8 Å². The average molecular weight is 232 g/mol. The van der Waals surface area contributed by atoms with Crippen LogP contribution in [-0.4, -0.2) is 12.1 Å². The van der Waals surface area contributed by atoms with Crippen LogP contribution in [0.25, 0.3) is 0 Å². The maximum Gasteiger partial charge on any atom is 0.308 e. The Bertz CT molecular complexity index is 354. The topological polar surface area (TPSA) is 26.3 Å². The van der Waals surface area contributed by atoms with Gasteiger partial charge in [0, 0.05) is 0 Å². The van der Waals surface area contributed by atoms with Gasteiger partial charge in [-0.15, -0.1) is 0 Å². The molecule has 0 bridgehead atoms. The normalized spacial score (nSPS) is 12.2. The fourth-order valence-electron chi connectivity index (χ4n) is 1.46. The molecule has 0 saturated carbocycles. The summed E-state index contributed by atoms with van der Waals surface area (Å²) < 4.78 is 5.33. The van der Waals surface area contributed by atoms with Crippen LogP contribution in [0.4, 0.5) is 0 Å². The number of hydrogen-bond donors (Lipinski definition) is 0. The molecule has 0 amide bonds. The summed E-state index contributed by atoms with van der Waals surface area (Å²) in [5, 5.41) is 0. The highest BCUT2D eigenvalue weighted by Crippen LogP contribution is 2.10. The minimum Gasteiger partial charge on any atom is -0.458 e. The molecular formula is C15H20O2. The highest BCUT2D eigenvalue weighted by atomic mass is 16.5. The van der Waals surface area contributed by atoms with Crippen LogP contribution >= 0.6 is 0 Å². The second kappa shape index (κ2) is 6.89. The van der Waals surface area contributed by atoms with Gasteiger partial charge in [-0.2, -0.15) is 0 Å². The monoisotopic (exact) mass is 232 g/mol. The highest BCUT2D eigenvalue weighted by Gasteiger charge is 2.14. The maximum absolute atomic E-state index is 11.5. The summed E-state index contributed by atoms with van der Waals surface area (Å²) in [6.45, 7) is 7.37. The first-order chi connectivity index (χ1) is 8.13. The Kier molecular flexibility index (Phi) is 5.47. The summed E-state index contributed by atoms with van der Waals surface area (Å²) in [5.41, 5.74) is 1.25. The second-order valence-corrected chi connectivity index (χ2v) is 4.39. The smallest absolute Gasteiger partial charge is 0.308 e. The minimum absolute atomic E-state index is 0.0887. The van der Waals surface area contributed by atoms with Crippen molar-refractivity contribution in [2.45, 2.75) is 32.8 Å². The van der Waals surface area contributed by atoms with E-state index in [4.69, 9.17) is 4.74 Å². The Morgan fingerprint density at radius 1 is 1.35 bits per heavy atom. The van der Waals surface area contributed by atoms with Gasteiger partial charge in [-0.1, -0.05) is 56.8 Å². The fourth-order valence-corrected chi connectivity index (χ4v) is 1.46. The number of hydrogen-bond acceptors (Lipinski definition) is 2. The lowest BCUT2D eigenvalue weighted by Gasteiger charge is -2.15. The molecule has 2 heteroatoms. The second-order valence-electron chi connectivity index (χ2n) is 4.39. The van der Waals surface area contributed by atoms with Crippen LogP contribution < -0.4 is 0 Å². The van der Waals surface area contributed by atoms with E-state index in [1.165, 1.54) is 5.56 Å². The van der Waals surface area contributed by atoms with Gasteiger partial charge in [0.15, 0.2) is 0 Å². The van der Waals surface area contributed by atoms with Crippen LogP contribution in [0.1, 0.15) is 25.8 Å². The van der Waals surface area contributed by atoms with E-state index in [0.29, 0.717) is 0 Å². The standard InChI is InChI=1S/C15H20O2/c1-4-14(17-15(16)12(2)3)11-10-13-8-6-5-7-9-13/h4-9,12,14H,1,10-11H2,2-3H3/t14-/m0/s1. The highest BCUT2D eigenvalue weighted by molar-refractivity contribution is 5.71. The van der Waals surface area contributed by atoms with Crippen molar-refractivity contribution >= 4 is 5.97 Å². The third kappa shape index (κ3) is 4.85. The molecule has 0 heterocycles. The molecule has 1 rings (SSSR count). The molecule has 17 heavy (non-hydrogen) atoms. The van der Waals surface area contributed by atoms with E-state index in [1.54, 1.807) is 6.08 Å². The van der Waals surface area contributed by atoms with E-state index < -0.39 is 0 Å². The predicted octanol–water partition coefficient (Wildman–Crippen LogP) is 3.37. The van der Waals surface area contributed by atoms with E-state index in [2.05, 4.69) is 18.7 Å². The van der Waals surface area contributed by atoms with Crippen molar-refractivity contribution in [3.05, 3.63) is 48.6 Å². The Hall–Kier alpha value is -1.57. The zero-order valence-electron chi connectivity index (χ0n) is 10.6. The van der Waals surface area contributed by atoms with Crippen molar-refractivity contribution in [3.63, 3.8) is 0 Å². The molecule has 0 aliphatic rings. The number of carbonyl (C=O) groups excluding carboxylic acids is 1. The van der Waals surface area contributed by atoms with Crippen LogP contribution in [0.3, 0.4) is 0 Å². The summed E-state index contributed by atoms with van der Waals surface area (Å²) in [6.07, 6.45) is 3.18. The van der Waals surface area contributed by atoms with Gasteiger partial charge in [-0.3, -0.25) is 4.79 Å². The van der Waals surface area contributed by atoms with Gasteiger partial charge in [0.1, 0.15) is 6.10 Å². The quantitative estimate of drug-likeness (QED) is 0.555. The summed E-state index contributed by atoms with van der Waals surface area (Å²) >= 11 is 0. The third-order valence-electron chi connectivity index (χ3n) is 2.56. The largest absolute Gasteiger partial charge is 0.458 e. The van der Waals surface area contributed by atoms with Gasteiger partial charge >= 0.3 is 5.97 Å². The predicted molar refractivity (Wildman–Crippen MR) is 69.7 cm³/mol. The van der Waals surface area contributed by atoms with Gasteiger partial charge in [0.05, 0.1) is 5.92 Å². The van der Waals surface area contributed by atoms with Gasteiger partial charge in [-0.05, 0) is 18.4 Å². The number of esters is 1.